The van der Waals surface area contributed by atoms with Gasteiger partial charge in [0, 0.05) is 23.8 Å². The van der Waals surface area contributed by atoms with Crippen LogP contribution in [0.2, 0.25) is 5.02 Å². The maximum absolute atomic E-state index is 13.0. The molecule has 0 saturated carbocycles. The minimum atomic E-state index is 0.0470. The van der Waals surface area contributed by atoms with Crippen molar-refractivity contribution in [1.82, 2.24) is 9.88 Å². The van der Waals surface area contributed by atoms with Gasteiger partial charge in [0.2, 0.25) is 0 Å². The van der Waals surface area contributed by atoms with Crippen LogP contribution in [0.3, 0.4) is 0 Å². The van der Waals surface area contributed by atoms with E-state index in [4.69, 9.17) is 16.3 Å². The van der Waals surface area contributed by atoms with Crippen LogP contribution in [0.1, 0.15) is 43.0 Å². The second-order valence-electron chi connectivity index (χ2n) is 6.49. The Labute approximate surface area is 159 Å². The zero-order valence-electron chi connectivity index (χ0n) is 15.2. The van der Waals surface area contributed by atoms with Gasteiger partial charge in [-0.25, -0.2) is 0 Å². The number of likely N-dealkylation sites (tertiary alicyclic amines) is 1. The first-order valence-electron chi connectivity index (χ1n) is 8.99. The van der Waals surface area contributed by atoms with Gasteiger partial charge in [0.15, 0.2) is 0 Å². The SMILES string of the molecule is CCC1CCCCN1C(=O)c1cncc(Nc2cc(Cl)ccc2OC)c1. The van der Waals surface area contributed by atoms with Gasteiger partial charge in [-0.1, -0.05) is 18.5 Å². The molecule has 1 saturated heterocycles. The van der Waals surface area contributed by atoms with Crippen molar-refractivity contribution >= 4 is 28.9 Å². The van der Waals surface area contributed by atoms with Gasteiger partial charge in [-0.05, 0) is 49.9 Å². The molecular weight excluding hydrogens is 350 g/mol. The van der Waals surface area contributed by atoms with Gasteiger partial charge >= 0.3 is 0 Å². The molecule has 26 heavy (non-hydrogen) atoms. The third kappa shape index (κ3) is 4.10. The number of aromatic nitrogens is 1. The van der Waals surface area contributed by atoms with Gasteiger partial charge in [-0.2, -0.15) is 0 Å². The Bertz CT molecular complexity index is 781. The summed E-state index contributed by atoms with van der Waals surface area (Å²) in [4.78, 5) is 19.2. The molecule has 1 amide bonds. The molecule has 5 nitrogen and oxygen atoms in total. The lowest BCUT2D eigenvalue weighted by Gasteiger charge is -2.35. The van der Waals surface area contributed by atoms with Crippen molar-refractivity contribution in [1.29, 1.82) is 0 Å². The third-order valence-electron chi connectivity index (χ3n) is 4.78. The molecule has 6 heteroatoms. The molecule has 2 heterocycles. The first-order chi connectivity index (χ1) is 12.6. The molecule has 1 aromatic heterocycles. The van der Waals surface area contributed by atoms with E-state index in [1.165, 1.54) is 6.42 Å². The Kier molecular flexibility index (Phi) is 5.99. The van der Waals surface area contributed by atoms with Crippen LogP contribution in [-0.2, 0) is 0 Å². The number of nitrogens with one attached hydrogen (secondary N) is 1. The molecule has 1 fully saturated rings. The van der Waals surface area contributed by atoms with Gasteiger partial charge in [0.1, 0.15) is 5.75 Å². The summed E-state index contributed by atoms with van der Waals surface area (Å²) in [6.45, 7) is 2.95. The molecule has 1 aliphatic heterocycles. The highest BCUT2D eigenvalue weighted by molar-refractivity contribution is 6.31. The quantitative estimate of drug-likeness (QED) is 0.810. The molecule has 1 aromatic carbocycles. The largest absolute Gasteiger partial charge is 0.495 e. The van der Waals surface area contributed by atoms with Crippen LogP contribution in [0.15, 0.2) is 36.7 Å². The number of amides is 1. The number of rotatable bonds is 5. The van der Waals surface area contributed by atoms with Crippen LogP contribution < -0.4 is 10.1 Å². The number of piperidine rings is 1. The molecule has 1 unspecified atom stereocenters. The lowest BCUT2D eigenvalue weighted by molar-refractivity contribution is 0.0607. The molecule has 1 N–H and O–H groups in total. The number of halogens is 1. The fourth-order valence-corrected chi connectivity index (χ4v) is 3.59. The molecule has 138 valence electrons. The lowest BCUT2D eigenvalue weighted by Crippen LogP contribution is -2.43. The van der Waals surface area contributed by atoms with Gasteiger partial charge in [-0.15, -0.1) is 0 Å². The predicted octanol–water partition coefficient (Wildman–Crippen LogP) is 4.89. The second kappa shape index (κ2) is 8.41. The minimum absolute atomic E-state index is 0.0470. The topological polar surface area (TPSA) is 54.5 Å². The van der Waals surface area contributed by atoms with Crippen molar-refractivity contribution in [2.24, 2.45) is 0 Å². The van der Waals surface area contributed by atoms with E-state index < -0.39 is 0 Å². The Morgan fingerprint density at radius 2 is 2.19 bits per heavy atom. The summed E-state index contributed by atoms with van der Waals surface area (Å²) in [5.41, 5.74) is 2.05. The fraction of sp³-hybridized carbons (Fsp3) is 0.400. The van der Waals surface area contributed by atoms with E-state index in [1.54, 1.807) is 37.7 Å². The Balaban J connectivity index is 1.82. The molecule has 0 radical (unpaired) electrons. The maximum Gasteiger partial charge on any atom is 0.255 e. The molecule has 0 bridgehead atoms. The summed E-state index contributed by atoms with van der Waals surface area (Å²) in [5, 5.41) is 3.85. The number of nitrogens with zero attached hydrogens (tertiary/aromatic N) is 2. The molecule has 0 spiro atoms. The Morgan fingerprint density at radius 1 is 1.35 bits per heavy atom. The first kappa shape index (κ1) is 18.5. The van der Waals surface area contributed by atoms with Crippen molar-refractivity contribution in [2.75, 3.05) is 19.0 Å². The lowest BCUT2D eigenvalue weighted by atomic mass is 9.99. The summed E-state index contributed by atoms with van der Waals surface area (Å²) in [7, 11) is 1.61. The van der Waals surface area contributed by atoms with Crippen molar-refractivity contribution in [2.45, 2.75) is 38.6 Å². The van der Waals surface area contributed by atoms with Crippen LogP contribution in [-0.4, -0.2) is 35.5 Å². The Morgan fingerprint density at radius 3 is 2.96 bits per heavy atom. The number of hydrogen-bond acceptors (Lipinski definition) is 4. The number of ether oxygens (including phenoxy) is 1. The highest BCUT2D eigenvalue weighted by atomic mass is 35.5. The van der Waals surface area contributed by atoms with Gasteiger partial charge in [-0.3, -0.25) is 9.78 Å². The van der Waals surface area contributed by atoms with Crippen molar-refractivity contribution in [3.05, 3.63) is 47.2 Å². The van der Waals surface area contributed by atoms with Gasteiger partial charge in [0.05, 0.1) is 30.2 Å². The number of carbonyl (C=O) groups is 1. The molecular formula is C20H24ClN3O2. The van der Waals surface area contributed by atoms with Crippen LogP contribution in [0.4, 0.5) is 11.4 Å². The summed E-state index contributed by atoms with van der Waals surface area (Å²) in [6, 6.07) is 7.50. The van der Waals surface area contributed by atoms with Crippen LogP contribution >= 0.6 is 11.6 Å². The zero-order valence-corrected chi connectivity index (χ0v) is 15.9. The van der Waals surface area contributed by atoms with E-state index in [0.717, 1.165) is 37.2 Å². The van der Waals surface area contributed by atoms with E-state index in [1.807, 2.05) is 11.0 Å². The van der Waals surface area contributed by atoms with Gasteiger partial charge < -0.3 is 15.0 Å². The standard InChI is InChI=1S/C20H24ClN3O2/c1-3-17-6-4-5-9-24(17)20(25)14-10-16(13-22-12-14)23-18-11-15(21)7-8-19(18)26-2/h7-8,10-13,17,23H,3-6,9H2,1-2H3. The minimum Gasteiger partial charge on any atom is -0.495 e. The number of benzene rings is 1. The average Bonchev–Trinajstić information content (AvgIpc) is 2.68. The Hall–Kier alpha value is -2.27. The van der Waals surface area contributed by atoms with E-state index in [0.29, 0.717) is 22.4 Å². The van der Waals surface area contributed by atoms with Gasteiger partial charge in [0.25, 0.3) is 5.91 Å². The number of hydrogen-bond donors (Lipinski definition) is 1. The fourth-order valence-electron chi connectivity index (χ4n) is 3.42. The molecule has 3 rings (SSSR count). The number of methoxy groups -OCH3 is 1. The highest BCUT2D eigenvalue weighted by Gasteiger charge is 2.26. The summed E-state index contributed by atoms with van der Waals surface area (Å²) in [5.74, 6) is 0.721. The molecule has 0 aliphatic carbocycles. The van der Waals surface area contributed by atoms with E-state index >= 15 is 0 Å². The smallest absolute Gasteiger partial charge is 0.255 e. The number of anilines is 2. The highest BCUT2D eigenvalue weighted by Crippen LogP contribution is 2.31. The predicted molar refractivity (Wildman–Crippen MR) is 104 cm³/mol. The van der Waals surface area contributed by atoms with Crippen LogP contribution in [0, 0.1) is 0 Å². The van der Waals surface area contributed by atoms with Crippen LogP contribution in [0.25, 0.3) is 0 Å². The second-order valence-corrected chi connectivity index (χ2v) is 6.92. The van der Waals surface area contributed by atoms with E-state index in [9.17, 15) is 4.79 Å². The monoisotopic (exact) mass is 373 g/mol. The molecule has 1 atom stereocenters. The summed E-state index contributed by atoms with van der Waals surface area (Å²) < 4.78 is 5.36. The molecule has 2 aromatic rings. The van der Waals surface area contributed by atoms with Crippen LogP contribution in [0.5, 0.6) is 5.75 Å². The third-order valence-corrected chi connectivity index (χ3v) is 5.02. The normalized spacial score (nSPS) is 17.0. The maximum atomic E-state index is 13.0. The average molecular weight is 374 g/mol. The number of pyridine rings is 1. The van der Waals surface area contributed by atoms with E-state index in [-0.39, 0.29) is 5.91 Å². The molecule has 1 aliphatic rings. The van der Waals surface area contributed by atoms with Crippen molar-refractivity contribution in [3.63, 3.8) is 0 Å². The van der Waals surface area contributed by atoms with Crippen molar-refractivity contribution < 1.29 is 9.53 Å². The summed E-state index contributed by atoms with van der Waals surface area (Å²) in [6.07, 6.45) is 7.63. The number of carbonyl (C=O) groups excluding carboxylic acids is 1. The van der Waals surface area contributed by atoms with E-state index in [2.05, 4.69) is 17.2 Å². The first-order valence-corrected chi connectivity index (χ1v) is 9.36. The summed E-state index contributed by atoms with van der Waals surface area (Å²) >= 11 is 6.08. The van der Waals surface area contributed by atoms with Crippen molar-refractivity contribution in [3.8, 4) is 5.75 Å². The zero-order chi connectivity index (χ0) is 18.5.